The number of benzene rings is 1. The summed E-state index contributed by atoms with van der Waals surface area (Å²) in [6.45, 7) is 0. The number of aromatic nitrogens is 2. The lowest BCUT2D eigenvalue weighted by molar-refractivity contribution is 0.0893. The van der Waals surface area contributed by atoms with E-state index >= 15 is 0 Å². The second-order valence-electron chi connectivity index (χ2n) is 6.53. The SMILES string of the molecule is CN(C)S(=O)(=O)c1ccc(-c2nnc(C(=O)NC3CCCCC3)o2)cc1. The second-order valence-corrected chi connectivity index (χ2v) is 8.68. The fraction of sp³-hybridized carbons (Fsp3) is 0.471. The number of sulfonamides is 1. The number of amides is 1. The molecule has 1 aliphatic carbocycles. The number of hydrogen-bond acceptors (Lipinski definition) is 6. The Morgan fingerprint density at radius 2 is 1.77 bits per heavy atom. The third-order valence-electron chi connectivity index (χ3n) is 4.44. The van der Waals surface area contributed by atoms with Crippen LogP contribution in [0.1, 0.15) is 42.8 Å². The van der Waals surface area contributed by atoms with Gasteiger partial charge in [0.15, 0.2) is 0 Å². The Kier molecular flexibility index (Phi) is 5.38. The number of nitrogens with one attached hydrogen (secondary N) is 1. The zero-order chi connectivity index (χ0) is 18.7. The second kappa shape index (κ2) is 7.55. The van der Waals surface area contributed by atoms with Crippen molar-refractivity contribution in [3.63, 3.8) is 0 Å². The molecule has 1 aliphatic rings. The van der Waals surface area contributed by atoms with E-state index in [9.17, 15) is 13.2 Å². The van der Waals surface area contributed by atoms with Crippen molar-refractivity contribution in [3.05, 3.63) is 30.2 Å². The van der Waals surface area contributed by atoms with Gasteiger partial charge in [-0.3, -0.25) is 4.79 Å². The monoisotopic (exact) mass is 378 g/mol. The van der Waals surface area contributed by atoms with Crippen molar-refractivity contribution in [2.24, 2.45) is 0 Å². The first-order chi connectivity index (χ1) is 12.4. The van der Waals surface area contributed by atoms with E-state index in [0.717, 1.165) is 30.0 Å². The van der Waals surface area contributed by atoms with Gasteiger partial charge in [0, 0.05) is 25.7 Å². The smallest absolute Gasteiger partial charge is 0.309 e. The molecular formula is C17H22N4O4S. The summed E-state index contributed by atoms with van der Waals surface area (Å²) >= 11 is 0. The number of carbonyl (C=O) groups excluding carboxylic acids is 1. The van der Waals surface area contributed by atoms with Crippen LogP contribution in [0.3, 0.4) is 0 Å². The third-order valence-corrected chi connectivity index (χ3v) is 6.27. The molecule has 8 nitrogen and oxygen atoms in total. The molecule has 1 heterocycles. The van der Waals surface area contributed by atoms with Crippen LogP contribution < -0.4 is 5.32 Å². The van der Waals surface area contributed by atoms with Gasteiger partial charge in [-0.15, -0.1) is 10.2 Å². The van der Waals surface area contributed by atoms with Crippen LogP contribution in [0.5, 0.6) is 0 Å². The van der Waals surface area contributed by atoms with E-state index in [1.165, 1.54) is 32.6 Å². The Bertz CT molecular complexity index is 868. The van der Waals surface area contributed by atoms with Crippen molar-refractivity contribution in [1.29, 1.82) is 0 Å². The van der Waals surface area contributed by atoms with E-state index in [4.69, 9.17) is 4.42 Å². The Labute approximate surface area is 152 Å². The first-order valence-corrected chi connectivity index (χ1v) is 9.99. The maximum Gasteiger partial charge on any atom is 0.309 e. The minimum absolute atomic E-state index is 0.0874. The summed E-state index contributed by atoms with van der Waals surface area (Å²) in [5, 5.41) is 10.6. The van der Waals surface area contributed by atoms with Crippen LogP contribution >= 0.6 is 0 Å². The molecule has 1 N–H and O–H groups in total. The number of nitrogens with zero attached hydrogens (tertiary/aromatic N) is 3. The summed E-state index contributed by atoms with van der Waals surface area (Å²) in [5.74, 6) is -0.286. The summed E-state index contributed by atoms with van der Waals surface area (Å²) in [6.07, 6.45) is 5.37. The first-order valence-electron chi connectivity index (χ1n) is 8.55. The molecule has 1 aromatic heterocycles. The van der Waals surface area contributed by atoms with Gasteiger partial charge in [0.05, 0.1) is 4.90 Å². The van der Waals surface area contributed by atoms with Crippen LogP contribution in [0, 0.1) is 0 Å². The van der Waals surface area contributed by atoms with Gasteiger partial charge in [-0.25, -0.2) is 12.7 Å². The molecule has 1 saturated carbocycles. The molecule has 140 valence electrons. The molecular weight excluding hydrogens is 356 g/mol. The third kappa shape index (κ3) is 3.94. The van der Waals surface area contributed by atoms with Gasteiger partial charge in [0.1, 0.15) is 0 Å². The predicted octanol–water partition coefficient (Wildman–Crippen LogP) is 2.05. The van der Waals surface area contributed by atoms with E-state index in [2.05, 4.69) is 15.5 Å². The highest BCUT2D eigenvalue weighted by molar-refractivity contribution is 7.89. The molecule has 0 atom stereocenters. The summed E-state index contributed by atoms with van der Waals surface area (Å²) in [7, 11) is -0.557. The average Bonchev–Trinajstić information content (AvgIpc) is 3.13. The van der Waals surface area contributed by atoms with Gasteiger partial charge >= 0.3 is 11.8 Å². The van der Waals surface area contributed by atoms with E-state index in [1.54, 1.807) is 12.1 Å². The predicted molar refractivity (Wildman–Crippen MR) is 94.9 cm³/mol. The summed E-state index contributed by atoms with van der Waals surface area (Å²) in [6, 6.07) is 6.24. The number of hydrogen-bond donors (Lipinski definition) is 1. The topological polar surface area (TPSA) is 105 Å². The molecule has 0 unspecified atom stereocenters. The molecule has 0 aliphatic heterocycles. The summed E-state index contributed by atoms with van der Waals surface area (Å²) in [5.41, 5.74) is 0.548. The molecule has 0 radical (unpaired) electrons. The van der Waals surface area contributed by atoms with Crippen LogP contribution in [0.15, 0.2) is 33.6 Å². The van der Waals surface area contributed by atoms with Crippen LogP contribution in [-0.2, 0) is 10.0 Å². The highest BCUT2D eigenvalue weighted by Crippen LogP contribution is 2.22. The molecule has 0 spiro atoms. The fourth-order valence-electron chi connectivity index (χ4n) is 2.91. The lowest BCUT2D eigenvalue weighted by atomic mass is 9.95. The zero-order valence-electron chi connectivity index (χ0n) is 14.8. The normalized spacial score (nSPS) is 16.0. The molecule has 1 amide bonds. The number of carbonyl (C=O) groups is 1. The molecule has 0 bridgehead atoms. The van der Waals surface area contributed by atoms with Crippen molar-refractivity contribution in [2.75, 3.05) is 14.1 Å². The van der Waals surface area contributed by atoms with Crippen LogP contribution in [0.2, 0.25) is 0 Å². The average molecular weight is 378 g/mol. The molecule has 2 aromatic rings. The summed E-state index contributed by atoms with van der Waals surface area (Å²) < 4.78 is 30.8. The largest absolute Gasteiger partial charge is 0.412 e. The maximum absolute atomic E-state index is 12.2. The standard InChI is InChI=1S/C17H22N4O4S/c1-21(2)26(23,24)14-10-8-12(9-11-14)16-19-20-17(25-16)15(22)18-13-6-4-3-5-7-13/h8-11,13H,3-7H2,1-2H3,(H,18,22). The van der Waals surface area contributed by atoms with Crippen molar-refractivity contribution >= 4 is 15.9 Å². The number of rotatable bonds is 5. The molecule has 9 heteroatoms. The lowest BCUT2D eigenvalue weighted by Gasteiger charge is -2.21. The lowest BCUT2D eigenvalue weighted by Crippen LogP contribution is -2.36. The minimum Gasteiger partial charge on any atom is -0.412 e. The first kappa shape index (κ1) is 18.5. The zero-order valence-corrected chi connectivity index (χ0v) is 15.6. The quantitative estimate of drug-likeness (QED) is 0.854. The van der Waals surface area contributed by atoms with Gasteiger partial charge in [0.25, 0.3) is 0 Å². The molecule has 3 rings (SSSR count). The Morgan fingerprint density at radius 1 is 1.12 bits per heavy atom. The maximum atomic E-state index is 12.2. The van der Waals surface area contributed by atoms with Crippen molar-refractivity contribution in [1.82, 2.24) is 19.8 Å². The van der Waals surface area contributed by atoms with Crippen molar-refractivity contribution < 1.29 is 17.6 Å². The van der Waals surface area contributed by atoms with E-state index in [0.29, 0.717) is 5.56 Å². The van der Waals surface area contributed by atoms with Crippen molar-refractivity contribution in [2.45, 2.75) is 43.0 Å². The molecule has 1 fully saturated rings. The van der Waals surface area contributed by atoms with Crippen LogP contribution in [0.25, 0.3) is 11.5 Å². The molecule has 0 saturated heterocycles. The van der Waals surface area contributed by atoms with E-state index in [-0.39, 0.29) is 28.6 Å². The van der Waals surface area contributed by atoms with Gasteiger partial charge in [-0.2, -0.15) is 0 Å². The van der Waals surface area contributed by atoms with Crippen LogP contribution in [-0.4, -0.2) is 49.0 Å². The van der Waals surface area contributed by atoms with Crippen LogP contribution in [0.4, 0.5) is 0 Å². The molecule has 1 aromatic carbocycles. The minimum atomic E-state index is -3.50. The Balaban J connectivity index is 1.72. The highest BCUT2D eigenvalue weighted by atomic mass is 32.2. The van der Waals surface area contributed by atoms with Gasteiger partial charge < -0.3 is 9.73 Å². The highest BCUT2D eigenvalue weighted by Gasteiger charge is 2.22. The van der Waals surface area contributed by atoms with Gasteiger partial charge in [-0.05, 0) is 37.1 Å². The van der Waals surface area contributed by atoms with Crippen molar-refractivity contribution in [3.8, 4) is 11.5 Å². The fourth-order valence-corrected chi connectivity index (χ4v) is 3.81. The summed E-state index contributed by atoms with van der Waals surface area (Å²) in [4.78, 5) is 12.4. The Morgan fingerprint density at radius 3 is 2.38 bits per heavy atom. The van der Waals surface area contributed by atoms with E-state index < -0.39 is 10.0 Å². The van der Waals surface area contributed by atoms with Gasteiger partial charge in [0.2, 0.25) is 15.9 Å². The van der Waals surface area contributed by atoms with Gasteiger partial charge in [-0.1, -0.05) is 19.3 Å². The van der Waals surface area contributed by atoms with E-state index in [1.807, 2.05) is 0 Å². The Hall–Kier alpha value is -2.26. The molecule has 26 heavy (non-hydrogen) atoms.